The lowest BCUT2D eigenvalue weighted by molar-refractivity contribution is 0.0942. The number of fused-ring (bicyclic) bond motifs is 1. The lowest BCUT2D eigenvalue weighted by atomic mass is 10.2. The molecule has 1 heterocycles. The summed E-state index contributed by atoms with van der Waals surface area (Å²) in [5.41, 5.74) is 1.08. The predicted octanol–water partition coefficient (Wildman–Crippen LogP) is -0.0721. The fraction of sp³-hybridized carbons (Fsp3) is 0.400. The van der Waals surface area contributed by atoms with Crippen LogP contribution in [-0.2, 0) is 10.2 Å². The van der Waals surface area contributed by atoms with Gasteiger partial charge < -0.3 is 9.47 Å². The van der Waals surface area contributed by atoms with Gasteiger partial charge in [0, 0.05) is 0 Å². The van der Waals surface area contributed by atoms with Crippen LogP contribution < -0.4 is 19.3 Å². The monoisotopic (exact) mass is 258 g/mol. The number of ether oxygens (including phenoxy) is 2. The van der Waals surface area contributed by atoms with Crippen LogP contribution in [0.15, 0.2) is 18.2 Å². The van der Waals surface area contributed by atoms with Gasteiger partial charge in [-0.05, 0) is 24.6 Å². The molecule has 0 amide bonds. The van der Waals surface area contributed by atoms with E-state index in [9.17, 15) is 8.42 Å². The number of nitrogens with two attached hydrogens (primary N) is 1. The molecular formula is C10H14N2O4S. The van der Waals surface area contributed by atoms with Crippen molar-refractivity contribution in [3.63, 3.8) is 0 Å². The summed E-state index contributed by atoms with van der Waals surface area (Å²) in [6, 6.07) is 5.57. The normalized spacial score (nSPS) is 19.1. The minimum Gasteiger partial charge on any atom is -0.486 e. The Kier molecular flexibility index (Phi) is 3.23. The maximum Gasteiger partial charge on any atom is 0.274 e. The van der Waals surface area contributed by atoms with Crippen LogP contribution >= 0.6 is 0 Å². The maximum atomic E-state index is 10.7. The maximum absolute atomic E-state index is 10.7. The van der Waals surface area contributed by atoms with Gasteiger partial charge in [0.2, 0.25) is 0 Å². The summed E-state index contributed by atoms with van der Waals surface area (Å²) in [4.78, 5) is 0. The van der Waals surface area contributed by atoms with Crippen molar-refractivity contribution in [1.29, 1.82) is 0 Å². The summed E-state index contributed by atoms with van der Waals surface area (Å²) >= 11 is 0. The van der Waals surface area contributed by atoms with Crippen molar-refractivity contribution in [2.75, 3.05) is 13.2 Å². The molecule has 1 aliphatic rings. The fourth-order valence-corrected chi connectivity index (χ4v) is 1.95. The molecule has 1 aliphatic heterocycles. The molecule has 0 spiro atoms. The highest BCUT2D eigenvalue weighted by Crippen LogP contribution is 2.32. The molecule has 0 fully saturated rings. The zero-order valence-corrected chi connectivity index (χ0v) is 10.2. The second kappa shape index (κ2) is 4.52. The minimum absolute atomic E-state index is 0.0894. The van der Waals surface area contributed by atoms with E-state index < -0.39 is 10.2 Å². The first-order chi connectivity index (χ1) is 7.94. The second-order valence-electron chi connectivity index (χ2n) is 3.89. The summed E-state index contributed by atoms with van der Waals surface area (Å²) in [7, 11) is -3.69. The summed E-state index contributed by atoms with van der Waals surface area (Å²) in [5, 5.41) is 4.83. The molecule has 17 heavy (non-hydrogen) atoms. The summed E-state index contributed by atoms with van der Waals surface area (Å²) in [6.07, 6.45) is -0.372. The van der Waals surface area contributed by atoms with Gasteiger partial charge in [0.15, 0.2) is 11.5 Å². The highest BCUT2D eigenvalue weighted by Gasteiger charge is 2.21. The molecule has 0 saturated heterocycles. The van der Waals surface area contributed by atoms with Crippen molar-refractivity contribution in [1.82, 2.24) is 4.72 Å². The molecule has 6 nitrogen and oxygen atoms in total. The average Bonchev–Trinajstić information content (AvgIpc) is 2.25. The van der Waals surface area contributed by atoms with Crippen molar-refractivity contribution in [2.45, 2.75) is 13.0 Å². The summed E-state index contributed by atoms with van der Waals surface area (Å²) in [5.74, 6) is 1.29. The number of benzene rings is 1. The molecule has 0 radical (unpaired) electrons. The highest BCUT2D eigenvalue weighted by atomic mass is 32.2. The van der Waals surface area contributed by atoms with Crippen LogP contribution in [0.5, 0.6) is 11.5 Å². The lowest BCUT2D eigenvalue weighted by Gasteiger charge is -2.26. The number of hydrogen-bond acceptors (Lipinski definition) is 4. The van der Waals surface area contributed by atoms with E-state index in [4.69, 9.17) is 14.6 Å². The van der Waals surface area contributed by atoms with Gasteiger partial charge >= 0.3 is 0 Å². The third kappa shape index (κ3) is 3.32. The molecule has 1 aromatic rings. The smallest absolute Gasteiger partial charge is 0.274 e. The van der Waals surface area contributed by atoms with E-state index in [-0.39, 0.29) is 12.6 Å². The number of rotatable bonds is 3. The topological polar surface area (TPSA) is 90.6 Å². The first-order valence-corrected chi connectivity index (χ1v) is 6.66. The van der Waals surface area contributed by atoms with E-state index in [1.54, 1.807) is 6.07 Å². The Bertz CT molecular complexity index is 515. The van der Waals surface area contributed by atoms with Gasteiger partial charge in [-0.1, -0.05) is 6.07 Å². The zero-order valence-electron chi connectivity index (χ0n) is 9.34. The minimum atomic E-state index is -3.69. The van der Waals surface area contributed by atoms with Crippen LogP contribution in [0.2, 0.25) is 0 Å². The predicted molar refractivity (Wildman–Crippen MR) is 62.2 cm³/mol. The molecule has 94 valence electrons. The molecule has 0 aliphatic carbocycles. The van der Waals surface area contributed by atoms with Gasteiger partial charge in [-0.3, -0.25) is 0 Å². The number of aryl methyl sites for hydroxylation is 1. The molecule has 7 heteroatoms. The van der Waals surface area contributed by atoms with Crippen molar-refractivity contribution in [2.24, 2.45) is 5.14 Å². The van der Waals surface area contributed by atoms with Gasteiger partial charge in [-0.15, -0.1) is 0 Å². The molecule has 1 unspecified atom stereocenters. The second-order valence-corrected chi connectivity index (χ2v) is 5.27. The van der Waals surface area contributed by atoms with Crippen LogP contribution in [0.1, 0.15) is 5.56 Å². The summed E-state index contributed by atoms with van der Waals surface area (Å²) < 4.78 is 34.7. The van der Waals surface area contributed by atoms with Crippen molar-refractivity contribution in [3.05, 3.63) is 23.8 Å². The van der Waals surface area contributed by atoms with E-state index in [1.807, 2.05) is 19.1 Å². The largest absolute Gasteiger partial charge is 0.486 e. The first kappa shape index (κ1) is 12.2. The van der Waals surface area contributed by atoms with Gasteiger partial charge in [0.05, 0.1) is 6.54 Å². The van der Waals surface area contributed by atoms with Gasteiger partial charge in [-0.2, -0.15) is 13.1 Å². The van der Waals surface area contributed by atoms with Crippen LogP contribution in [0.25, 0.3) is 0 Å². The summed E-state index contributed by atoms with van der Waals surface area (Å²) in [6.45, 7) is 2.34. The van der Waals surface area contributed by atoms with Gasteiger partial charge in [0.25, 0.3) is 10.2 Å². The third-order valence-electron chi connectivity index (χ3n) is 2.33. The molecule has 0 aromatic heterocycles. The Balaban J connectivity index is 2.01. The third-order valence-corrected chi connectivity index (χ3v) is 2.90. The molecular weight excluding hydrogens is 244 g/mol. The van der Waals surface area contributed by atoms with Gasteiger partial charge in [0.1, 0.15) is 12.7 Å². The first-order valence-electron chi connectivity index (χ1n) is 5.11. The lowest BCUT2D eigenvalue weighted by Crippen LogP contribution is -2.42. The molecule has 2 rings (SSSR count). The van der Waals surface area contributed by atoms with E-state index in [0.717, 1.165) is 5.56 Å². The van der Waals surface area contributed by atoms with Crippen molar-refractivity contribution < 1.29 is 17.9 Å². The quantitative estimate of drug-likeness (QED) is 0.794. The fourth-order valence-electron chi connectivity index (χ4n) is 1.53. The standard InChI is InChI=1S/C10H14N2O4S/c1-7-2-3-9-10(4-7)15-6-8(16-9)5-12-17(11,13)14/h2-4,8,12H,5-6H2,1H3,(H2,11,13,14). The van der Waals surface area contributed by atoms with Crippen LogP contribution in [0.3, 0.4) is 0 Å². The Morgan fingerprint density at radius 2 is 2.24 bits per heavy atom. The van der Waals surface area contributed by atoms with Crippen LogP contribution in [-0.4, -0.2) is 27.7 Å². The molecule has 0 saturated carbocycles. The zero-order chi connectivity index (χ0) is 12.5. The van der Waals surface area contributed by atoms with E-state index >= 15 is 0 Å². The van der Waals surface area contributed by atoms with Crippen LogP contribution in [0, 0.1) is 6.92 Å². The molecule has 0 bridgehead atoms. The Hall–Kier alpha value is -1.31. The van der Waals surface area contributed by atoms with Crippen molar-refractivity contribution in [3.8, 4) is 11.5 Å². The Morgan fingerprint density at radius 3 is 2.94 bits per heavy atom. The highest BCUT2D eigenvalue weighted by molar-refractivity contribution is 7.87. The van der Waals surface area contributed by atoms with Crippen molar-refractivity contribution >= 4 is 10.2 Å². The molecule has 1 atom stereocenters. The van der Waals surface area contributed by atoms with E-state index in [2.05, 4.69) is 4.72 Å². The average molecular weight is 258 g/mol. The van der Waals surface area contributed by atoms with E-state index in [0.29, 0.717) is 18.1 Å². The number of nitrogens with one attached hydrogen (secondary N) is 1. The molecule has 3 N–H and O–H groups in total. The Labute approximate surface area is 99.9 Å². The molecule has 1 aromatic carbocycles. The number of hydrogen-bond donors (Lipinski definition) is 2. The van der Waals surface area contributed by atoms with Gasteiger partial charge in [-0.25, -0.2) is 5.14 Å². The van der Waals surface area contributed by atoms with E-state index in [1.165, 1.54) is 0 Å². The van der Waals surface area contributed by atoms with Crippen LogP contribution in [0.4, 0.5) is 0 Å². The SMILES string of the molecule is Cc1ccc2c(c1)OCC(CNS(N)(=O)=O)O2. The Morgan fingerprint density at radius 1 is 1.47 bits per heavy atom.